The minimum Gasteiger partial charge on any atom is -0.452 e. The zero-order valence-corrected chi connectivity index (χ0v) is 10.7. The average molecular weight is 212 g/mol. The van der Waals surface area contributed by atoms with E-state index in [2.05, 4.69) is 0 Å². The minimum absolute atomic E-state index is 0.958. The molecule has 0 aromatic carbocycles. The standard InChI is InChI=1S/C7H18F2OSi2/c1-7(8,9)12(5,6)10-11(2,3)4/h1-6H3. The monoisotopic (exact) mass is 212 g/mol. The van der Waals surface area contributed by atoms with E-state index in [0.29, 0.717) is 0 Å². The smallest absolute Gasteiger partial charge is 0.253 e. The zero-order chi connectivity index (χ0) is 10.2. The van der Waals surface area contributed by atoms with E-state index in [4.69, 9.17) is 4.12 Å². The van der Waals surface area contributed by atoms with E-state index in [9.17, 15) is 8.78 Å². The first-order chi connectivity index (χ1) is 4.96. The molecular formula is C7H18F2OSi2. The molecule has 5 heteroatoms. The van der Waals surface area contributed by atoms with Crippen LogP contribution >= 0.6 is 0 Å². The van der Waals surface area contributed by atoms with Gasteiger partial charge in [-0.05, 0) is 39.7 Å². The van der Waals surface area contributed by atoms with Crippen LogP contribution in [0.15, 0.2) is 0 Å². The first kappa shape index (κ1) is 12.3. The van der Waals surface area contributed by atoms with Crippen LogP contribution < -0.4 is 0 Å². The van der Waals surface area contributed by atoms with Gasteiger partial charge in [-0.1, -0.05) is 0 Å². The molecule has 0 bridgehead atoms. The van der Waals surface area contributed by atoms with Crippen molar-refractivity contribution in [3.05, 3.63) is 0 Å². The number of hydrogen-bond acceptors (Lipinski definition) is 1. The molecule has 0 unspecified atom stereocenters. The molecule has 0 aliphatic carbocycles. The minimum atomic E-state index is -2.81. The largest absolute Gasteiger partial charge is 0.452 e. The normalized spacial score (nSPS) is 15.0. The van der Waals surface area contributed by atoms with Crippen molar-refractivity contribution in [2.24, 2.45) is 0 Å². The summed E-state index contributed by atoms with van der Waals surface area (Å²) in [6.45, 7) is 9.92. The van der Waals surface area contributed by atoms with E-state index in [-0.39, 0.29) is 0 Å². The van der Waals surface area contributed by atoms with Gasteiger partial charge in [0, 0.05) is 0 Å². The van der Waals surface area contributed by atoms with Crippen molar-refractivity contribution in [2.75, 3.05) is 0 Å². The third-order valence-electron chi connectivity index (χ3n) is 1.62. The molecule has 0 aromatic rings. The molecule has 0 saturated carbocycles. The Balaban J connectivity index is 4.44. The van der Waals surface area contributed by atoms with E-state index in [0.717, 1.165) is 6.92 Å². The summed E-state index contributed by atoms with van der Waals surface area (Å²) in [6, 6.07) is 0. The van der Waals surface area contributed by atoms with Crippen molar-refractivity contribution in [3.8, 4) is 0 Å². The molecule has 12 heavy (non-hydrogen) atoms. The molecule has 0 atom stereocenters. The van der Waals surface area contributed by atoms with E-state index in [1.165, 1.54) is 0 Å². The lowest BCUT2D eigenvalue weighted by Gasteiger charge is -2.35. The highest BCUT2D eigenvalue weighted by atomic mass is 28.4. The van der Waals surface area contributed by atoms with Crippen LogP contribution in [0.3, 0.4) is 0 Å². The molecule has 0 amide bonds. The van der Waals surface area contributed by atoms with Gasteiger partial charge in [0.05, 0.1) is 0 Å². The van der Waals surface area contributed by atoms with Crippen LogP contribution in [0.4, 0.5) is 8.78 Å². The van der Waals surface area contributed by atoms with E-state index in [1.54, 1.807) is 13.1 Å². The van der Waals surface area contributed by atoms with Gasteiger partial charge < -0.3 is 4.12 Å². The van der Waals surface area contributed by atoms with Crippen molar-refractivity contribution in [1.82, 2.24) is 0 Å². The lowest BCUT2D eigenvalue weighted by atomic mass is 10.8. The number of halogens is 2. The predicted molar refractivity (Wildman–Crippen MR) is 52.5 cm³/mol. The Labute approximate surface area is 75.4 Å². The lowest BCUT2D eigenvalue weighted by molar-refractivity contribution is 0.0864. The fraction of sp³-hybridized carbons (Fsp3) is 1.00. The van der Waals surface area contributed by atoms with Crippen molar-refractivity contribution in [2.45, 2.75) is 45.2 Å². The first-order valence-corrected chi connectivity index (χ1v) is 10.4. The summed E-state index contributed by atoms with van der Waals surface area (Å²) in [7, 11) is -4.63. The topological polar surface area (TPSA) is 9.23 Å². The fourth-order valence-electron chi connectivity index (χ4n) is 0.855. The highest BCUT2D eigenvalue weighted by molar-refractivity contribution is 6.85. The summed E-state index contributed by atoms with van der Waals surface area (Å²) in [5.74, 6) is 0. The SMILES string of the molecule is CC(F)(F)[Si](C)(C)O[Si](C)(C)C. The summed E-state index contributed by atoms with van der Waals surface area (Å²) < 4.78 is 31.5. The van der Waals surface area contributed by atoms with Gasteiger partial charge in [-0.2, -0.15) is 0 Å². The van der Waals surface area contributed by atoms with Gasteiger partial charge in [0.1, 0.15) is 0 Å². The first-order valence-electron chi connectivity index (χ1n) is 4.04. The summed E-state index contributed by atoms with van der Waals surface area (Å²) in [6.07, 6.45) is 0. The Morgan fingerprint density at radius 1 is 1.00 bits per heavy atom. The molecular weight excluding hydrogens is 194 g/mol. The average Bonchev–Trinajstić information content (AvgIpc) is 1.52. The zero-order valence-electron chi connectivity index (χ0n) is 8.66. The Bertz CT molecular complexity index is 158. The molecule has 0 saturated heterocycles. The van der Waals surface area contributed by atoms with Crippen LogP contribution in [0, 0.1) is 0 Å². The third kappa shape index (κ3) is 3.77. The van der Waals surface area contributed by atoms with E-state index >= 15 is 0 Å². The molecule has 0 rings (SSSR count). The molecule has 0 aliphatic heterocycles. The van der Waals surface area contributed by atoms with E-state index < -0.39 is 22.2 Å². The van der Waals surface area contributed by atoms with Gasteiger partial charge in [-0.3, -0.25) is 0 Å². The maximum absolute atomic E-state index is 13.0. The van der Waals surface area contributed by atoms with Crippen LogP contribution in [-0.2, 0) is 4.12 Å². The Morgan fingerprint density at radius 3 is 1.42 bits per heavy atom. The molecule has 0 fully saturated rings. The van der Waals surface area contributed by atoms with Crippen molar-refractivity contribution in [3.63, 3.8) is 0 Å². The molecule has 74 valence electrons. The van der Waals surface area contributed by atoms with Crippen LogP contribution in [0.5, 0.6) is 0 Å². The van der Waals surface area contributed by atoms with Gasteiger partial charge in [-0.15, -0.1) is 0 Å². The Kier molecular flexibility index (Phi) is 3.26. The summed E-state index contributed by atoms with van der Waals surface area (Å²) in [5.41, 5.74) is -2.65. The van der Waals surface area contributed by atoms with Gasteiger partial charge in [0.15, 0.2) is 8.32 Å². The number of hydrogen-bond donors (Lipinski definition) is 0. The van der Waals surface area contributed by atoms with Crippen LogP contribution in [-0.4, -0.2) is 22.2 Å². The highest BCUT2D eigenvalue weighted by Gasteiger charge is 2.48. The van der Waals surface area contributed by atoms with Gasteiger partial charge in [0.2, 0.25) is 0 Å². The maximum Gasteiger partial charge on any atom is 0.253 e. The highest BCUT2D eigenvalue weighted by Crippen LogP contribution is 2.29. The third-order valence-corrected chi connectivity index (χ3v) is 8.22. The second-order valence-electron chi connectivity index (χ2n) is 4.61. The number of rotatable bonds is 3. The molecule has 0 radical (unpaired) electrons. The summed E-state index contributed by atoms with van der Waals surface area (Å²) in [4.78, 5) is 0. The van der Waals surface area contributed by atoms with Gasteiger partial charge in [-0.25, -0.2) is 8.78 Å². The Morgan fingerprint density at radius 2 is 1.33 bits per heavy atom. The van der Waals surface area contributed by atoms with Crippen molar-refractivity contribution < 1.29 is 12.9 Å². The van der Waals surface area contributed by atoms with E-state index in [1.807, 2.05) is 19.6 Å². The molecule has 0 aliphatic rings. The molecule has 0 N–H and O–H groups in total. The molecule has 0 spiro atoms. The molecule has 0 heterocycles. The molecule has 1 nitrogen and oxygen atoms in total. The summed E-state index contributed by atoms with van der Waals surface area (Å²) >= 11 is 0. The predicted octanol–water partition coefficient (Wildman–Crippen LogP) is 3.24. The maximum atomic E-state index is 13.0. The quantitative estimate of drug-likeness (QED) is 0.653. The van der Waals surface area contributed by atoms with Gasteiger partial charge in [0.25, 0.3) is 13.9 Å². The van der Waals surface area contributed by atoms with Gasteiger partial charge >= 0.3 is 0 Å². The second kappa shape index (κ2) is 3.19. The second-order valence-corrected chi connectivity index (χ2v) is 13.6. The van der Waals surface area contributed by atoms with Crippen LogP contribution in [0.25, 0.3) is 0 Å². The lowest BCUT2D eigenvalue weighted by Crippen LogP contribution is -2.54. The van der Waals surface area contributed by atoms with Crippen molar-refractivity contribution >= 4 is 16.6 Å². The number of alkyl halides is 2. The fourth-order valence-corrected chi connectivity index (χ4v) is 7.70. The van der Waals surface area contributed by atoms with Crippen molar-refractivity contribution in [1.29, 1.82) is 0 Å². The van der Waals surface area contributed by atoms with Crippen LogP contribution in [0.2, 0.25) is 32.7 Å². The molecule has 0 aromatic heterocycles. The Hall–Kier alpha value is 0.254. The van der Waals surface area contributed by atoms with Crippen LogP contribution in [0.1, 0.15) is 6.92 Å². The summed E-state index contributed by atoms with van der Waals surface area (Å²) in [5, 5.41) is 0.